The summed E-state index contributed by atoms with van der Waals surface area (Å²) in [5, 5.41) is 3.72. The molecule has 206 valence electrons. The number of rotatable bonds is 8. The first-order chi connectivity index (χ1) is 20.5. The van der Waals surface area contributed by atoms with Gasteiger partial charge in [0.05, 0.1) is 0 Å². The monoisotopic (exact) mass is 544 g/mol. The van der Waals surface area contributed by atoms with Gasteiger partial charge in [-0.1, -0.05) is 123 Å². The van der Waals surface area contributed by atoms with Crippen LogP contribution in [0.3, 0.4) is 0 Å². The molecule has 0 amide bonds. The van der Waals surface area contributed by atoms with E-state index in [-0.39, 0.29) is 0 Å². The molecule has 3 N–H and O–H groups in total. The summed E-state index contributed by atoms with van der Waals surface area (Å²) in [5.41, 5.74) is 20.0. The van der Waals surface area contributed by atoms with Crippen molar-refractivity contribution < 1.29 is 0 Å². The van der Waals surface area contributed by atoms with Crippen LogP contribution >= 0.6 is 0 Å². The Morgan fingerprint density at radius 2 is 1.45 bits per heavy atom. The Balaban J connectivity index is 1.27. The minimum Gasteiger partial charge on any atom is -0.398 e. The van der Waals surface area contributed by atoms with Crippen LogP contribution in [0.25, 0.3) is 33.4 Å². The Kier molecular flexibility index (Phi) is 7.87. The maximum absolute atomic E-state index is 6.40. The zero-order valence-electron chi connectivity index (χ0n) is 24.1. The van der Waals surface area contributed by atoms with E-state index >= 15 is 0 Å². The van der Waals surface area contributed by atoms with Gasteiger partial charge in [0, 0.05) is 28.2 Å². The molecule has 0 aliphatic heterocycles. The van der Waals surface area contributed by atoms with Crippen LogP contribution in [0.4, 0.5) is 17.1 Å². The highest BCUT2D eigenvalue weighted by molar-refractivity contribution is 5.87. The van der Waals surface area contributed by atoms with Gasteiger partial charge in [0.15, 0.2) is 0 Å². The fourth-order valence-corrected chi connectivity index (χ4v) is 5.74. The van der Waals surface area contributed by atoms with Crippen LogP contribution in [-0.4, -0.2) is 0 Å². The van der Waals surface area contributed by atoms with Crippen LogP contribution in [0.1, 0.15) is 30.9 Å². The first-order valence-electron chi connectivity index (χ1n) is 14.6. The Morgan fingerprint density at radius 3 is 2.26 bits per heavy atom. The summed E-state index contributed by atoms with van der Waals surface area (Å²) < 4.78 is 0. The third-order valence-electron chi connectivity index (χ3n) is 8.06. The number of nitrogens with two attached hydrogens (primary N) is 1. The van der Waals surface area contributed by atoms with Crippen LogP contribution in [0.15, 0.2) is 152 Å². The molecule has 1 atom stereocenters. The molecule has 0 heterocycles. The summed E-state index contributed by atoms with van der Waals surface area (Å²) in [7, 11) is 0. The molecule has 0 saturated heterocycles. The van der Waals surface area contributed by atoms with Crippen molar-refractivity contribution in [2.45, 2.75) is 19.8 Å². The molecule has 5 aromatic rings. The molecule has 0 saturated carbocycles. The molecule has 5 aromatic carbocycles. The lowest BCUT2D eigenvalue weighted by molar-refractivity contribution is 0.751. The van der Waals surface area contributed by atoms with E-state index in [0.29, 0.717) is 5.92 Å². The molecule has 2 heteroatoms. The zero-order valence-corrected chi connectivity index (χ0v) is 24.1. The van der Waals surface area contributed by atoms with Gasteiger partial charge in [0.2, 0.25) is 0 Å². The third kappa shape index (κ3) is 5.99. The highest BCUT2D eigenvalue weighted by atomic mass is 14.9. The molecular weight excluding hydrogens is 508 g/mol. The Morgan fingerprint density at radius 1 is 0.738 bits per heavy atom. The van der Waals surface area contributed by atoms with Crippen molar-refractivity contribution in [1.82, 2.24) is 0 Å². The number of benzene rings is 5. The molecule has 2 nitrogen and oxygen atoms in total. The van der Waals surface area contributed by atoms with Gasteiger partial charge in [-0.3, -0.25) is 0 Å². The van der Waals surface area contributed by atoms with E-state index in [0.717, 1.165) is 57.7 Å². The van der Waals surface area contributed by atoms with Crippen LogP contribution in [0.5, 0.6) is 0 Å². The Hall–Kier alpha value is -5.08. The number of anilines is 3. The second kappa shape index (κ2) is 12.2. The van der Waals surface area contributed by atoms with Crippen molar-refractivity contribution in [1.29, 1.82) is 0 Å². The number of hydrogen-bond acceptors (Lipinski definition) is 2. The van der Waals surface area contributed by atoms with E-state index in [4.69, 9.17) is 5.73 Å². The summed E-state index contributed by atoms with van der Waals surface area (Å²) in [5.74, 6) is 0.451. The molecule has 42 heavy (non-hydrogen) atoms. The van der Waals surface area contributed by atoms with E-state index in [1.807, 2.05) is 30.3 Å². The van der Waals surface area contributed by atoms with E-state index in [1.165, 1.54) is 22.3 Å². The van der Waals surface area contributed by atoms with E-state index < -0.39 is 0 Å². The summed E-state index contributed by atoms with van der Waals surface area (Å²) in [6.45, 7) is 6.68. The maximum Gasteiger partial charge on any atom is 0.0463 e. The number of para-hydroxylation sites is 1. The van der Waals surface area contributed by atoms with Gasteiger partial charge in [-0.25, -0.2) is 0 Å². The highest BCUT2D eigenvalue weighted by Gasteiger charge is 2.17. The number of allylic oxidation sites excluding steroid dienone is 5. The number of hydrogen-bond donors (Lipinski definition) is 2. The normalized spacial score (nSPS) is 14.5. The van der Waals surface area contributed by atoms with Crippen molar-refractivity contribution in [3.63, 3.8) is 0 Å². The van der Waals surface area contributed by atoms with Crippen LogP contribution in [0, 0.1) is 5.92 Å². The molecule has 1 aliphatic carbocycles. The van der Waals surface area contributed by atoms with Crippen LogP contribution in [0.2, 0.25) is 0 Å². The molecule has 0 fully saturated rings. The predicted molar refractivity (Wildman–Crippen MR) is 181 cm³/mol. The molecule has 6 rings (SSSR count). The van der Waals surface area contributed by atoms with Crippen molar-refractivity contribution >= 4 is 28.2 Å². The predicted octanol–water partition coefficient (Wildman–Crippen LogP) is 10.8. The Bertz CT molecular complexity index is 1780. The fourth-order valence-electron chi connectivity index (χ4n) is 5.74. The zero-order chi connectivity index (χ0) is 28.9. The van der Waals surface area contributed by atoms with Crippen LogP contribution in [-0.2, 0) is 0 Å². The van der Waals surface area contributed by atoms with Gasteiger partial charge >= 0.3 is 0 Å². The van der Waals surface area contributed by atoms with E-state index in [1.54, 1.807) is 0 Å². The second-order valence-electron chi connectivity index (χ2n) is 11.1. The van der Waals surface area contributed by atoms with Crippen molar-refractivity contribution in [3.05, 3.63) is 163 Å². The van der Waals surface area contributed by atoms with Gasteiger partial charge < -0.3 is 11.1 Å². The van der Waals surface area contributed by atoms with Gasteiger partial charge in [0.1, 0.15) is 0 Å². The SMILES string of the molecule is C=C(CC1=CCC(C)C(c2cccc(Nc3ccccc3-c3ccc(N)c(-c4ccccc4)c3)c2)=C1)c1ccccc1. The minimum absolute atomic E-state index is 0.451. The fraction of sp³-hybridized carbons (Fsp3) is 0.100. The molecule has 1 aliphatic rings. The molecule has 1 unspecified atom stereocenters. The molecule has 0 spiro atoms. The summed E-state index contributed by atoms with van der Waals surface area (Å²) >= 11 is 0. The lowest BCUT2D eigenvalue weighted by atomic mass is 9.83. The first-order valence-corrected chi connectivity index (χ1v) is 14.6. The summed E-state index contributed by atoms with van der Waals surface area (Å²) in [4.78, 5) is 0. The van der Waals surface area contributed by atoms with Gasteiger partial charge in [0.25, 0.3) is 0 Å². The smallest absolute Gasteiger partial charge is 0.0463 e. The molecular formula is C40H36N2. The maximum atomic E-state index is 6.40. The summed E-state index contributed by atoms with van der Waals surface area (Å²) in [6.07, 6.45) is 6.63. The third-order valence-corrected chi connectivity index (χ3v) is 8.06. The van der Waals surface area contributed by atoms with E-state index in [9.17, 15) is 0 Å². The highest BCUT2D eigenvalue weighted by Crippen LogP contribution is 2.38. The van der Waals surface area contributed by atoms with Gasteiger partial charge in [-0.05, 0) is 88.1 Å². The standard InChI is InChI=1S/C40H36N2/c1-28-20-21-30(24-29(2)31-12-5-3-6-13-31)25-37(28)33-16-11-17-35(26-33)42-40-19-10-9-18-36(40)34-22-23-39(41)38(27-34)32-14-7-4-8-15-32/h3-19,21-23,25-28,42H,2,20,24,41H2,1H3. The molecule has 0 aromatic heterocycles. The number of nitrogens with one attached hydrogen (secondary N) is 1. The van der Waals surface area contributed by atoms with Crippen LogP contribution < -0.4 is 11.1 Å². The van der Waals surface area contributed by atoms with Gasteiger partial charge in [-0.2, -0.15) is 0 Å². The minimum atomic E-state index is 0.451. The average Bonchev–Trinajstić information content (AvgIpc) is 3.03. The van der Waals surface area contributed by atoms with E-state index in [2.05, 4.69) is 128 Å². The van der Waals surface area contributed by atoms with Gasteiger partial charge in [-0.15, -0.1) is 0 Å². The average molecular weight is 545 g/mol. The number of nitrogen functional groups attached to an aromatic ring is 1. The van der Waals surface area contributed by atoms with Crippen molar-refractivity contribution in [2.75, 3.05) is 11.1 Å². The first kappa shape index (κ1) is 27.1. The topological polar surface area (TPSA) is 38.0 Å². The second-order valence-corrected chi connectivity index (χ2v) is 11.1. The lowest BCUT2D eigenvalue weighted by Gasteiger charge is -2.22. The van der Waals surface area contributed by atoms with Crippen molar-refractivity contribution in [3.8, 4) is 22.3 Å². The quantitative estimate of drug-likeness (QED) is 0.191. The summed E-state index contributed by atoms with van der Waals surface area (Å²) in [6, 6.07) is 44.3. The molecule has 0 radical (unpaired) electrons. The lowest BCUT2D eigenvalue weighted by Crippen LogP contribution is -2.04. The largest absolute Gasteiger partial charge is 0.398 e. The van der Waals surface area contributed by atoms with Crippen molar-refractivity contribution in [2.24, 2.45) is 5.92 Å². The molecule has 0 bridgehead atoms. The Labute approximate surface area is 249 Å².